The molecule has 1 saturated heterocycles. The van der Waals surface area contributed by atoms with Crippen molar-refractivity contribution in [1.82, 2.24) is 4.31 Å². The van der Waals surface area contributed by atoms with E-state index in [1.54, 1.807) is 6.92 Å². The Bertz CT molecular complexity index is 695. The highest BCUT2D eigenvalue weighted by Gasteiger charge is 2.37. The standard InChI is InChI=1S/C14H17NO6S/c1-9-11-8-10(2-3-12(11)21-13(9)14(16)17)22(18,19)15-4-6-20-7-5-15/h2-3,8-9,13H,4-7H2,1H3,(H,16,17). The van der Waals surface area contributed by atoms with Gasteiger partial charge in [-0.15, -0.1) is 0 Å². The Morgan fingerprint density at radius 1 is 1.32 bits per heavy atom. The summed E-state index contributed by atoms with van der Waals surface area (Å²) in [6.45, 7) is 3.12. The number of ether oxygens (including phenoxy) is 2. The van der Waals surface area contributed by atoms with E-state index in [4.69, 9.17) is 14.6 Å². The number of carboxylic acids is 1. The number of nitrogens with zero attached hydrogens (tertiary/aromatic N) is 1. The molecule has 0 aliphatic carbocycles. The van der Waals surface area contributed by atoms with Crippen LogP contribution in [0.25, 0.3) is 0 Å². The summed E-state index contributed by atoms with van der Waals surface area (Å²) in [5.74, 6) is -1.02. The molecule has 2 aliphatic rings. The summed E-state index contributed by atoms with van der Waals surface area (Å²) in [6.07, 6.45) is -0.976. The normalized spacial score (nSPS) is 25.5. The first-order valence-corrected chi connectivity index (χ1v) is 8.46. The number of morpholine rings is 1. The van der Waals surface area contributed by atoms with Crippen LogP contribution in [0.2, 0.25) is 0 Å². The second-order valence-electron chi connectivity index (χ2n) is 5.38. The Hall–Kier alpha value is -1.64. The zero-order chi connectivity index (χ0) is 15.9. The number of rotatable bonds is 3. The molecule has 1 N–H and O–H groups in total. The van der Waals surface area contributed by atoms with Crippen LogP contribution >= 0.6 is 0 Å². The number of aliphatic carboxylic acids is 1. The third kappa shape index (κ3) is 2.47. The fourth-order valence-corrected chi connectivity index (χ4v) is 4.20. The van der Waals surface area contributed by atoms with Gasteiger partial charge in [-0.05, 0) is 18.2 Å². The monoisotopic (exact) mass is 327 g/mol. The Balaban J connectivity index is 1.93. The van der Waals surface area contributed by atoms with Gasteiger partial charge in [0.15, 0.2) is 0 Å². The zero-order valence-corrected chi connectivity index (χ0v) is 12.9. The van der Waals surface area contributed by atoms with Crippen molar-refractivity contribution in [3.05, 3.63) is 23.8 Å². The van der Waals surface area contributed by atoms with E-state index in [2.05, 4.69) is 0 Å². The lowest BCUT2D eigenvalue weighted by Gasteiger charge is -2.26. The number of hydrogen-bond acceptors (Lipinski definition) is 5. The predicted octanol–water partition coefficient (Wildman–Crippen LogP) is 0.657. The first kappa shape index (κ1) is 15.3. The number of carbonyl (C=O) groups is 1. The lowest BCUT2D eigenvalue weighted by Crippen LogP contribution is -2.40. The summed E-state index contributed by atoms with van der Waals surface area (Å²) in [5.41, 5.74) is 0.613. The Kier molecular flexibility index (Phi) is 3.84. The van der Waals surface area contributed by atoms with Crippen LogP contribution in [0.5, 0.6) is 5.75 Å². The number of fused-ring (bicyclic) bond motifs is 1. The molecule has 2 heterocycles. The summed E-state index contributed by atoms with van der Waals surface area (Å²) in [6, 6.07) is 4.51. The number of hydrogen-bond donors (Lipinski definition) is 1. The molecule has 1 aromatic rings. The molecule has 22 heavy (non-hydrogen) atoms. The van der Waals surface area contributed by atoms with Gasteiger partial charge in [0.05, 0.1) is 18.1 Å². The van der Waals surface area contributed by atoms with Crippen molar-refractivity contribution in [2.24, 2.45) is 0 Å². The smallest absolute Gasteiger partial charge is 0.345 e. The van der Waals surface area contributed by atoms with Crippen molar-refractivity contribution in [3.8, 4) is 5.75 Å². The summed E-state index contributed by atoms with van der Waals surface area (Å²) in [5, 5.41) is 9.12. The molecule has 0 bridgehead atoms. The van der Waals surface area contributed by atoms with Gasteiger partial charge in [-0.25, -0.2) is 13.2 Å². The van der Waals surface area contributed by atoms with E-state index in [1.165, 1.54) is 22.5 Å². The third-order valence-corrected chi connectivity index (χ3v) is 5.93. The molecular weight excluding hydrogens is 310 g/mol. The van der Waals surface area contributed by atoms with Gasteiger partial charge >= 0.3 is 5.97 Å². The topological polar surface area (TPSA) is 93.1 Å². The highest BCUT2D eigenvalue weighted by Crippen LogP contribution is 2.39. The lowest BCUT2D eigenvalue weighted by atomic mass is 9.98. The highest BCUT2D eigenvalue weighted by atomic mass is 32.2. The number of benzene rings is 1. The van der Waals surface area contributed by atoms with E-state index in [-0.39, 0.29) is 4.90 Å². The van der Waals surface area contributed by atoms with E-state index < -0.39 is 28.0 Å². The minimum Gasteiger partial charge on any atom is -0.478 e. The summed E-state index contributed by atoms with van der Waals surface area (Å²) in [4.78, 5) is 11.3. The Morgan fingerprint density at radius 2 is 2.00 bits per heavy atom. The van der Waals surface area contributed by atoms with Crippen LogP contribution < -0.4 is 4.74 Å². The zero-order valence-electron chi connectivity index (χ0n) is 12.1. The molecule has 0 aromatic heterocycles. The number of carboxylic acid groups (broad SMARTS) is 1. The fraction of sp³-hybridized carbons (Fsp3) is 0.500. The van der Waals surface area contributed by atoms with E-state index in [9.17, 15) is 13.2 Å². The summed E-state index contributed by atoms with van der Waals surface area (Å²) < 4.78 is 37.2. The largest absolute Gasteiger partial charge is 0.478 e. The number of sulfonamides is 1. The van der Waals surface area contributed by atoms with Gasteiger partial charge in [-0.2, -0.15) is 4.31 Å². The molecule has 0 spiro atoms. The van der Waals surface area contributed by atoms with Crippen molar-refractivity contribution in [2.75, 3.05) is 26.3 Å². The molecule has 1 fully saturated rings. The molecular formula is C14H17NO6S. The maximum absolute atomic E-state index is 12.6. The molecule has 2 unspecified atom stereocenters. The van der Waals surface area contributed by atoms with Gasteiger partial charge in [0.2, 0.25) is 16.1 Å². The summed E-state index contributed by atoms with van der Waals surface area (Å²) >= 11 is 0. The first-order chi connectivity index (χ1) is 10.4. The molecule has 7 nitrogen and oxygen atoms in total. The van der Waals surface area contributed by atoms with E-state index in [0.29, 0.717) is 37.6 Å². The Morgan fingerprint density at radius 3 is 2.64 bits per heavy atom. The van der Waals surface area contributed by atoms with Crippen LogP contribution in [0.4, 0.5) is 0 Å². The minimum atomic E-state index is -3.59. The second-order valence-corrected chi connectivity index (χ2v) is 7.32. The maximum atomic E-state index is 12.6. The minimum absolute atomic E-state index is 0.162. The van der Waals surface area contributed by atoms with Gasteiger partial charge in [0.1, 0.15) is 5.75 Å². The van der Waals surface area contributed by atoms with Gasteiger partial charge in [0, 0.05) is 24.6 Å². The molecule has 120 valence electrons. The quantitative estimate of drug-likeness (QED) is 0.876. The highest BCUT2D eigenvalue weighted by molar-refractivity contribution is 7.89. The van der Waals surface area contributed by atoms with Crippen molar-refractivity contribution >= 4 is 16.0 Å². The molecule has 0 amide bonds. The van der Waals surface area contributed by atoms with Crippen molar-refractivity contribution in [1.29, 1.82) is 0 Å². The van der Waals surface area contributed by atoms with Crippen molar-refractivity contribution < 1.29 is 27.8 Å². The van der Waals surface area contributed by atoms with Crippen molar-refractivity contribution in [3.63, 3.8) is 0 Å². The third-order valence-electron chi connectivity index (χ3n) is 4.03. The van der Waals surface area contributed by atoms with Crippen LogP contribution in [0.1, 0.15) is 18.4 Å². The van der Waals surface area contributed by atoms with Crippen LogP contribution in [-0.4, -0.2) is 56.2 Å². The molecule has 0 saturated carbocycles. The predicted molar refractivity (Wildman–Crippen MR) is 76.5 cm³/mol. The van der Waals surface area contributed by atoms with Gasteiger partial charge in [-0.3, -0.25) is 0 Å². The maximum Gasteiger partial charge on any atom is 0.345 e. The molecule has 2 aliphatic heterocycles. The fourth-order valence-electron chi connectivity index (χ4n) is 2.75. The van der Waals surface area contributed by atoms with Gasteiger partial charge in [-0.1, -0.05) is 6.92 Å². The molecule has 0 radical (unpaired) electrons. The summed E-state index contributed by atoms with van der Waals surface area (Å²) in [7, 11) is -3.59. The lowest BCUT2D eigenvalue weighted by molar-refractivity contribution is -0.144. The van der Waals surface area contributed by atoms with Crippen LogP contribution in [0.3, 0.4) is 0 Å². The van der Waals surface area contributed by atoms with E-state index >= 15 is 0 Å². The van der Waals surface area contributed by atoms with Crippen molar-refractivity contribution in [2.45, 2.75) is 23.8 Å². The van der Waals surface area contributed by atoms with E-state index in [0.717, 1.165) is 0 Å². The Labute approximate surface area is 128 Å². The SMILES string of the molecule is CC1c2cc(S(=O)(=O)N3CCOCC3)ccc2OC1C(=O)O. The molecule has 2 atom stereocenters. The second kappa shape index (κ2) is 5.53. The van der Waals surface area contributed by atoms with E-state index in [1.807, 2.05) is 0 Å². The average molecular weight is 327 g/mol. The van der Waals surface area contributed by atoms with Crippen LogP contribution in [0, 0.1) is 0 Å². The first-order valence-electron chi connectivity index (χ1n) is 7.02. The average Bonchev–Trinajstić information content (AvgIpc) is 2.85. The molecule has 1 aromatic carbocycles. The van der Waals surface area contributed by atoms with Crippen LogP contribution in [0.15, 0.2) is 23.1 Å². The van der Waals surface area contributed by atoms with Gasteiger partial charge in [0.25, 0.3) is 0 Å². The van der Waals surface area contributed by atoms with Gasteiger partial charge < -0.3 is 14.6 Å². The molecule has 8 heteroatoms. The molecule has 3 rings (SSSR count). The van der Waals surface area contributed by atoms with Crippen LogP contribution in [-0.2, 0) is 19.6 Å².